The molecule has 0 spiro atoms. The fourth-order valence-electron chi connectivity index (χ4n) is 2.00. The average molecular weight is 271 g/mol. The molecule has 6 heteroatoms. The van der Waals surface area contributed by atoms with Crippen LogP contribution in [0.25, 0.3) is 10.9 Å². The van der Waals surface area contributed by atoms with Crippen LogP contribution in [-0.2, 0) is 0 Å². The molecule has 1 aromatic heterocycles. The molecule has 2 N–H and O–H groups in total. The van der Waals surface area contributed by atoms with Crippen molar-refractivity contribution in [2.45, 2.75) is 38.4 Å². The van der Waals surface area contributed by atoms with E-state index in [1.165, 1.54) is 0 Å². The van der Waals surface area contributed by atoms with Crippen molar-refractivity contribution in [3.8, 4) is 0 Å². The SMILES string of the molecule is CC(CCCC(F)(F)F)Nc1ccc2[nH]ncc2c1. The summed E-state index contributed by atoms with van der Waals surface area (Å²) in [4.78, 5) is 0. The van der Waals surface area contributed by atoms with Gasteiger partial charge in [-0.3, -0.25) is 5.10 Å². The molecule has 1 heterocycles. The zero-order valence-electron chi connectivity index (χ0n) is 10.6. The molecule has 3 nitrogen and oxygen atoms in total. The number of halogens is 3. The van der Waals surface area contributed by atoms with Gasteiger partial charge in [-0.05, 0) is 38.0 Å². The second-order valence-corrected chi connectivity index (χ2v) is 4.72. The Hall–Kier alpha value is -1.72. The minimum atomic E-state index is -4.06. The maximum atomic E-state index is 12.0. The first-order chi connectivity index (χ1) is 8.94. The smallest absolute Gasteiger partial charge is 0.383 e. The standard InChI is InChI=1S/C13H16F3N3/c1-9(3-2-6-13(14,15)16)18-11-4-5-12-10(7-11)8-17-19-12/h4-5,7-9,18H,2-3,6H2,1H3,(H,17,19). The zero-order chi connectivity index (χ0) is 13.9. The molecular formula is C13H16F3N3. The summed E-state index contributed by atoms with van der Waals surface area (Å²) in [5.41, 5.74) is 1.84. The number of anilines is 1. The Morgan fingerprint density at radius 1 is 1.37 bits per heavy atom. The summed E-state index contributed by atoms with van der Waals surface area (Å²) in [6, 6.07) is 5.72. The molecule has 0 fully saturated rings. The Bertz CT molecular complexity index is 533. The van der Waals surface area contributed by atoms with Crippen molar-refractivity contribution in [2.24, 2.45) is 0 Å². The van der Waals surface area contributed by atoms with Gasteiger partial charge in [0.1, 0.15) is 0 Å². The lowest BCUT2D eigenvalue weighted by Crippen LogP contribution is -2.16. The van der Waals surface area contributed by atoms with Gasteiger partial charge < -0.3 is 5.32 Å². The van der Waals surface area contributed by atoms with Gasteiger partial charge in [0.2, 0.25) is 0 Å². The first kappa shape index (κ1) is 13.7. The van der Waals surface area contributed by atoms with E-state index in [0.717, 1.165) is 16.6 Å². The van der Waals surface area contributed by atoms with E-state index in [4.69, 9.17) is 0 Å². The highest BCUT2D eigenvalue weighted by Crippen LogP contribution is 2.23. The number of hydrogen-bond acceptors (Lipinski definition) is 2. The summed E-state index contributed by atoms with van der Waals surface area (Å²) in [6.45, 7) is 1.88. The number of aromatic nitrogens is 2. The lowest BCUT2D eigenvalue weighted by Gasteiger charge is -2.15. The number of H-pyrrole nitrogens is 1. The molecule has 19 heavy (non-hydrogen) atoms. The molecule has 0 aliphatic carbocycles. The van der Waals surface area contributed by atoms with Crippen molar-refractivity contribution in [2.75, 3.05) is 5.32 Å². The van der Waals surface area contributed by atoms with E-state index in [1.54, 1.807) is 6.20 Å². The number of benzene rings is 1. The lowest BCUT2D eigenvalue weighted by atomic mass is 10.1. The fourth-order valence-corrected chi connectivity index (χ4v) is 2.00. The highest BCUT2D eigenvalue weighted by atomic mass is 19.4. The van der Waals surface area contributed by atoms with E-state index < -0.39 is 12.6 Å². The molecule has 1 atom stereocenters. The summed E-state index contributed by atoms with van der Waals surface area (Å²) in [7, 11) is 0. The van der Waals surface area contributed by atoms with Gasteiger partial charge in [-0.15, -0.1) is 0 Å². The number of nitrogens with zero attached hydrogens (tertiary/aromatic N) is 1. The maximum Gasteiger partial charge on any atom is 0.389 e. The van der Waals surface area contributed by atoms with Gasteiger partial charge in [0.25, 0.3) is 0 Å². The quantitative estimate of drug-likeness (QED) is 0.859. The molecule has 0 aliphatic rings. The zero-order valence-corrected chi connectivity index (χ0v) is 10.6. The van der Waals surface area contributed by atoms with Gasteiger partial charge in [0, 0.05) is 23.5 Å². The van der Waals surface area contributed by atoms with Crippen molar-refractivity contribution >= 4 is 16.6 Å². The normalized spacial score (nSPS) is 13.7. The minimum Gasteiger partial charge on any atom is -0.383 e. The monoisotopic (exact) mass is 271 g/mol. The number of rotatable bonds is 5. The van der Waals surface area contributed by atoms with E-state index in [1.807, 2.05) is 25.1 Å². The Morgan fingerprint density at radius 3 is 2.89 bits per heavy atom. The molecule has 0 saturated carbocycles. The number of hydrogen-bond donors (Lipinski definition) is 2. The Balaban J connectivity index is 1.86. The van der Waals surface area contributed by atoms with Crippen LogP contribution >= 0.6 is 0 Å². The Labute approximate surface area is 109 Å². The summed E-state index contributed by atoms with van der Waals surface area (Å²) in [5, 5.41) is 10.9. The first-order valence-corrected chi connectivity index (χ1v) is 6.20. The number of alkyl halides is 3. The van der Waals surface area contributed by atoms with Crippen molar-refractivity contribution in [3.05, 3.63) is 24.4 Å². The minimum absolute atomic E-state index is 0.00620. The van der Waals surface area contributed by atoms with Crippen molar-refractivity contribution in [1.29, 1.82) is 0 Å². The Kier molecular flexibility index (Phi) is 3.97. The maximum absolute atomic E-state index is 12.0. The Morgan fingerprint density at radius 2 is 2.16 bits per heavy atom. The molecule has 0 saturated heterocycles. The van der Waals surface area contributed by atoms with E-state index >= 15 is 0 Å². The van der Waals surface area contributed by atoms with Gasteiger partial charge in [-0.25, -0.2) is 0 Å². The second-order valence-electron chi connectivity index (χ2n) is 4.72. The summed E-state index contributed by atoms with van der Waals surface area (Å²) < 4.78 is 36.1. The van der Waals surface area contributed by atoms with Gasteiger partial charge in [0.05, 0.1) is 11.7 Å². The second kappa shape index (κ2) is 5.50. The van der Waals surface area contributed by atoms with Crippen LogP contribution in [-0.4, -0.2) is 22.4 Å². The summed E-state index contributed by atoms with van der Waals surface area (Å²) in [5.74, 6) is 0. The molecule has 0 amide bonds. The van der Waals surface area contributed by atoms with Crippen LogP contribution in [0.15, 0.2) is 24.4 Å². The van der Waals surface area contributed by atoms with E-state index in [0.29, 0.717) is 6.42 Å². The van der Waals surface area contributed by atoms with Gasteiger partial charge >= 0.3 is 6.18 Å². The van der Waals surface area contributed by atoms with Crippen LogP contribution in [0.3, 0.4) is 0 Å². The van der Waals surface area contributed by atoms with Gasteiger partial charge in [-0.1, -0.05) is 0 Å². The molecule has 1 unspecified atom stereocenters. The van der Waals surface area contributed by atoms with Crippen LogP contribution in [0.5, 0.6) is 0 Å². The third-order valence-corrected chi connectivity index (χ3v) is 2.95. The van der Waals surface area contributed by atoms with Gasteiger partial charge in [0.15, 0.2) is 0 Å². The first-order valence-electron chi connectivity index (χ1n) is 6.20. The number of fused-ring (bicyclic) bond motifs is 1. The van der Waals surface area contributed by atoms with Gasteiger partial charge in [-0.2, -0.15) is 18.3 Å². The lowest BCUT2D eigenvalue weighted by molar-refractivity contribution is -0.135. The van der Waals surface area contributed by atoms with E-state index in [2.05, 4.69) is 15.5 Å². The third-order valence-electron chi connectivity index (χ3n) is 2.95. The largest absolute Gasteiger partial charge is 0.389 e. The predicted molar refractivity (Wildman–Crippen MR) is 69.1 cm³/mol. The molecule has 0 aliphatic heterocycles. The van der Waals surface area contributed by atoms with Crippen LogP contribution < -0.4 is 5.32 Å². The van der Waals surface area contributed by atoms with Crippen LogP contribution in [0.4, 0.5) is 18.9 Å². The van der Waals surface area contributed by atoms with E-state index in [9.17, 15) is 13.2 Å². The molecule has 1 aromatic carbocycles. The highest BCUT2D eigenvalue weighted by Gasteiger charge is 2.26. The van der Waals surface area contributed by atoms with E-state index in [-0.39, 0.29) is 12.5 Å². The average Bonchev–Trinajstić information content (AvgIpc) is 2.74. The highest BCUT2D eigenvalue weighted by molar-refractivity contribution is 5.81. The fraction of sp³-hybridized carbons (Fsp3) is 0.462. The molecule has 0 radical (unpaired) electrons. The molecule has 104 valence electrons. The van der Waals surface area contributed by atoms with Crippen molar-refractivity contribution in [1.82, 2.24) is 10.2 Å². The number of nitrogens with one attached hydrogen (secondary N) is 2. The molecular weight excluding hydrogens is 255 g/mol. The predicted octanol–water partition coefficient (Wildman–Crippen LogP) is 4.10. The molecule has 2 aromatic rings. The van der Waals surface area contributed by atoms with Crippen LogP contribution in [0.2, 0.25) is 0 Å². The molecule has 0 bridgehead atoms. The topological polar surface area (TPSA) is 40.7 Å². The molecule has 2 rings (SSSR count). The summed E-state index contributed by atoms with van der Waals surface area (Å²) >= 11 is 0. The van der Waals surface area contributed by atoms with Crippen LogP contribution in [0.1, 0.15) is 26.2 Å². The number of aromatic amines is 1. The van der Waals surface area contributed by atoms with Crippen molar-refractivity contribution < 1.29 is 13.2 Å². The van der Waals surface area contributed by atoms with Crippen molar-refractivity contribution in [3.63, 3.8) is 0 Å². The summed E-state index contributed by atoms with van der Waals surface area (Å²) in [6.07, 6.45) is -2.43. The van der Waals surface area contributed by atoms with Crippen LogP contribution in [0, 0.1) is 0 Å². The third kappa shape index (κ3) is 4.15.